The molecule has 1 amide bonds. The van der Waals surface area contributed by atoms with E-state index < -0.39 is 29.6 Å². The third-order valence-electron chi connectivity index (χ3n) is 2.95. The van der Waals surface area contributed by atoms with E-state index in [4.69, 9.17) is 4.74 Å². The highest BCUT2D eigenvalue weighted by atomic mass is 79.9. The number of benzene rings is 1. The highest BCUT2D eigenvalue weighted by Gasteiger charge is 2.31. The second kappa shape index (κ2) is 8.15. The zero-order chi connectivity index (χ0) is 17.6. The summed E-state index contributed by atoms with van der Waals surface area (Å²) in [7, 11) is 0. The average molecular weight is 384 g/mol. The van der Waals surface area contributed by atoms with Gasteiger partial charge in [-0.3, -0.25) is 0 Å². The maximum absolute atomic E-state index is 11.9. The third-order valence-corrected chi connectivity index (χ3v) is 3.48. The topological polar surface area (TPSA) is 75.6 Å². The van der Waals surface area contributed by atoms with Crippen LogP contribution in [0, 0.1) is 0 Å². The van der Waals surface area contributed by atoms with Gasteiger partial charge in [-0.25, -0.2) is 9.59 Å². The van der Waals surface area contributed by atoms with E-state index in [2.05, 4.69) is 21.2 Å². The van der Waals surface area contributed by atoms with E-state index in [1.807, 2.05) is 24.3 Å². The number of carboxylic acids is 1. The SMILES string of the molecule is CC=C[C@@H](c1ccc(Br)cc1)C(NC(=O)OC(C)(C)C)C(=O)O. The summed E-state index contributed by atoms with van der Waals surface area (Å²) in [6.45, 7) is 6.97. The van der Waals surface area contributed by atoms with Crippen LogP contribution in [0.15, 0.2) is 40.9 Å². The number of hydrogen-bond donors (Lipinski definition) is 2. The zero-order valence-electron chi connectivity index (χ0n) is 13.7. The first kappa shape index (κ1) is 19.2. The largest absolute Gasteiger partial charge is 0.480 e. The first-order valence-electron chi connectivity index (χ1n) is 7.24. The average Bonchev–Trinajstić information content (AvgIpc) is 2.41. The molecule has 0 spiro atoms. The number of aliphatic carboxylic acids is 1. The molecule has 0 fully saturated rings. The Bertz CT molecular complexity index is 575. The standard InChI is InChI=1S/C17H22BrNO4/c1-5-6-13(11-7-9-12(18)10-8-11)14(15(20)21)19-16(22)23-17(2,3)4/h5-10,13-14H,1-4H3,(H,19,22)(H,20,21)/t13-,14?/m0/s1. The lowest BCUT2D eigenvalue weighted by atomic mass is 9.91. The Kier molecular flexibility index (Phi) is 6.81. The lowest BCUT2D eigenvalue weighted by Gasteiger charge is -2.25. The smallest absolute Gasteiger partial charge is 0.408 e. The number of allylic oxidation sites excluding steroid dienone is 1. The predicted molar refractivity (Wildman–Crippen MR) is 92.5 cm³/mol. The van der Waals surface area contributed by atoms with Gasteiger partial charge < -0.3 is 15.2 Å². The Morgan fingerprint density at radius 1 is 1.26 bits per heavy atom. The molecule has 5 nitrogen and oxygen atoms in total. The van der Waals surface area contributed by atoms with Crippen LogP contribution in [0.4, 0.5) is 4.79 Å². The van der Waals surface area contributed by atoms with Gasteiger partial charge in [0.05, 0.1) is 0 Å². The van der Waals surface area contributed by atoms with E-state index >= 15 is 0 Å². The van der Waals surface area contributed by atoms with Crippen molar-refractivity contribution >= 4 is 28.0 Å². The van der Waals surface area contributed by atoms with Gasteiger partial charge >= 0.3 is 12.1 Å². The monoisotopic (exact) mass is 383 g/mol. The van der Waals surface area contributed by atoms with Gasteiger partial charge in [0.25, 0.3) is 0 Å². The molecule has 0 saturated carbocycles. The molecule has 0 aliphatic heterocycles. The van der Waals surface area contributed by atoms with Crippen LogP contribution >= 0.6 is 15.9 Å². The van der Waals surface area contributed by atoms with Crippen LogP contribution in [0.25, 0.3) is 0 Å². The van der Waals surface area contributed by atoms with E-state index in [0.717, 1.165) is 10.0 Å². The minimum absolute atomic E-state index is 0.502. The van der Waals surface area contributed by atoms with Gasteiger partial charge in [0.2, 0.25) is 0 Å². The fourth-order valence-corrected chi connectivity index (χ4v) is 2.31. The van der Waals surface area contributed by atoms with Gasteiger partial charge in [-0.15, -0.1) is 0 Å². The predicted octanol–water partition coefficient (Wildman–Crippen LogP) is 4.09. The molecule has 126 valence electrons. The number of carboxylic acid groups (broad SMARTS) is 1. The molecule has 1 unspecified atom stereocenters. The van der Waals surface area contributed by atoms with E-state index in [0.29, 0.717) is 0 Å². The van der Waals surface area contributed by atoms with Crippen molar-refractivity contribution in [2.45, 2.75) is 45.3 Å². The molecule has 0 saturated heterocycles. The summed E-state index contributed by atoms with van der Waals surface area (Å²) in [4.78, 5) is 23.6. The lowest BCUT2D eigenvalue weighted by Crippen LogP contribution is -2.46. The van der Waals surface area contributed by atoms with E-state index in [1.54, 1.807) is 39.8 Å². The van der Waals surface area contributed by atoms with Crippen molar-refractivity contribution in [2.75, 3.05) is 0 Å². The summed E-state index contributed by atoms with van der Waals surface area (Å²) in [5, 5.41) is 12.0. The number of halogens is 1. The second-order valence-corrected chi connectivity index (χ2v) is 6.98. The van der Waals surface area contributed by atoms with Crippen molar-refractivity contribution in [3.05, 3.63) is 46.5 Å². The Morgan fingerprint density at radius 3 is 2.26 bits per heavy atom. The molecule has 0 aliphatic carbocycles. The zero-order valence-corrected chi connectivity index (χ0v) is 15.3. The van der Waals surface area contributed by atoms with Crippen molar-refractivity contribution < 1.29 is 19.4 Å². The number of rotatable bonds is 5. The van der Waals surface area contributed by atoms with Crippen molar-refractivity contribution in [3.8, 4) is 0 Å². The van der Waals surface area contributed by atoms with Crippen LogP contribution in [0.1, 0.15) is 39.2 Å². The molecule has 23 heavy (non-hydrogen) atoms. The van der Waals surface area contributed by atoms with Gasteiger partial charge in [0.15, 0.2) is 0 Å². The summed E-state index contributed by atoms with van der Waals surface area (Å²) in [5.41, 5.74) is 0.0932. The fourth-order valence-electron chi connectivity index (χ4n) is 2.05. The van der Waals surface area contributed by atoms with Crippen molar-refractivity contribution in [1.82, 2.24) is 5.32 Å². The molecule has 0 aromatic heterocycles. The number of amides is 1. The van der Waals surface area contributed by atoms with Crippen LogP contribution in [0.3, 0.4) is 0 Å². The van der Waals surface area contributed by atoms with Crippen LogP contribution in [-0.4, -0.2) is 28.8 Å². The van der Waals surface area contributed by atoms with Crippen LogP contribution < -0.4 is 5.32 Å². The van der Waals surface area contributed by atoms with E-state index in [1.165, 1.54) is 0 Å². The van der Waals surface area contributed by atoms with Crippen LogP contribution in [-0.2, 0) is 9.53 Å². The molecule has 1 aromatic carbocycles. The first-order chi connectivity index (χ1) is 10.6. The van der Waals surface area contributed by atoms with Gasteiger partial charge in [0, 0.05) is 10.4 Å². The van der Waals surface area contributed by atoms with E-state index in [9.17, 15) is 14.7 Å². The third kappa shape index (κ3) is 6.44. The molecule has 0 aliphatic rings. The highest BCUT2D eigenvalue weighted by molar-refractivity contribution is 9.10. The van der Waals surface area contributed by atoms with Crippen molar-refractivity contribution in [1.29, 1.82) is 0 Å². The molecule has 0 bridgehead atoms. The fraction of sp³-hybridized carbons (Fsp3) is 0.412. The van der Waals surface area contributed by atoms with Crippen molar-refractivity contribution in [3.63, 3.8) is 0 Å². The summed E-state index contributed by atoms with van der Waals surface area (Å²) in [6.07, 6.45) is 2.76. The van der Waals surface area contributed by atoms with Gasteiger partial charge in [-0.05, 0) is 45.4 Å². The number of hydrogen-bond acceptors (Lipinski definition) is 3. The molecule has 1 aromatic rings. The van der Waals surface area contributed by atoms with Gasteiger partial charge in [-0.1, -0.05) is 40.2 Å². The molecule has 0 radical (unpaired) electrons. The maximum atomic E-state index is 11.9. The number of nitrogens with one attached hydrogen (secondary N) is 1. The summed E-state index contributed by atoms with van der Waals surface area (Å²) >= 11 is 3.35. The number of carbonyl (C=O) groups excluding carboxylic acids is 1. The summed E-state index contributed by atoms with van der Waals surface area (Å²) < 4.78 is 6.05. The Morgan fingerprint density at radius 2 is 1.83 bits per heavy atom. The van der Waals surface area contributed by atoms with Crippen molar-refractivity contribution in [2.24, 2.45) is 0 Å². The lowest BCUT2D eigenvalue weighted by molar-refractivity contribution is -0.139. The van der Waals surface area contributed by atoms with Gasteiger partial charge in [0.1, 0.15) is 11.6 Å². The normalized spacial score (nSPS) is 14.3. The highest BCUT2D eigenvalue weighted by Crippen LogP contribution is 2.24. The number of ether oxygens (including phenoxy) is 1. The summed E-state index contributed by atoms with van der Waals surface area (Å²) in [5.74, 6) is -1.63. The minimum Gasteiger partial charge on any atom is -0.480 e. The Labute approximate surface area is 144 Å². The minimum atomic E-state index is -1.12. The van der Waals surface area contributed by atoms with Crippen LogP contribution in [0.2, 0.25) is 0 Å². The molecule has 2 atom stereocenters. The molecule has 2 N–H and O–H groups in total. The Hall–Kier alpha value is -1.82. The van der Waals surface area contributed by atoms with E-state index in [-0.39, 0.29) is 0 Å². The number of alkyl carbamates (subject to hydrolysis) is 1. The van der Waals surface area contributed by atoms with Crippen LogP contribution in [0.5, 0.6) is 0 Å². The second-order valence-electron chi connectivity index (χ2n) is 6.07. The molecular formula is C17H22BrNO4. The first-order valence-corrected chi connectivity index (χ1v) is 8.04. The molecular weight excluding hydrogens is 362 g/mol. The molecule has 0 heterocycles. The molecule has 6 heteroatoms. The molecule has 1 rings (SSSR count). The van der Waals surface area contributed by atoms with Gasteiger partial charge in [-0.2, -0.15) is 0 Å². The number of carbonyl (C=O) groups is 2. The quantitative estimate of drug-likeness (QED) is 0.750. The Balaban J connectivity index is 3.05. The maximum Gasteiger partial charge on any atom is 0.408 e. The summed E-state index contributed by atoms with van der Waals surface area (Å²) in [6, 6.07) is 6.18.